The molecule has 3 rings (SSSR count). The zero-order valence-electron chi connectivity index (χ0n) is 16.6. The Morgan fingerprint density at radius 2 is 1.65 bits per heavy atom. The second-order valence-corrected chi connectivity index (χ2v) is 6.92. The van der Waals surface area contributed by atoms with Gasteiger partial charge in [0.05, 0.1) is 16.4 Å². The second kappa shape index (κ2) is 10.4. The number of nitrogens with zero attached hydrogens (tertiary/aromatic N) is 1. The van der Waals surface area contributed by atoms with Crippen LogP contribution in [0, 0.1) is 5.82 Å². The maximum Gasteiger partial charge on any atom is 0.329 e. The summed E-state index contributed by atoms with van der Waals surface area (Å²) in [6.07, 6.45) is 0. The van der Waals surface area contributed by atoms with E-state index in [0.29, 0.717) is 28.8 Å². The molecule has 8 heteroatoms. The zero-order chi connectivity index (χ0) is 22.2. The van der Waals surface area contributed by atoms with Gasteiger partial charge in [-0.1, -0.05) is 35.9 Å². The minimum Gasteiger partial charge on any atom is -0.489 e. The van der Waals surface area contributed by atoms with Crippen LogP contribution in [0.4, 0.5) is 10.1 Å². The topological polar surface area (TPSA) is 79.8 Å². The van der Waals surface area contributed by atoms with E-state index >= 15 is 0 Å². The lowest BCUT2D eigenvalue weighted by Gasteiger charge is -2.08. The number of nitrogens with one attached hydrogen (secondary N) is 2. The molecule has 0 fully saturated rings. The number of carbonyl (C=O) groups is 2. The lowest BCUT2D eigenvalue weighted by atomic mass is 10.1. The molecule has 3 aromatic carbocycles. The highest BCUT2D eigenvalue weighted by atomic mass is 35.5. The molecule has 0 aliphatic rings. The normalized spacial score (nSPS) is 11.0. The Kier molecular flexibility index (Phi) is 7.35. The Morgan fingerprint density at radius 1 is 0.968 bits per heavy atom. The van der Waals surface area contributed by atoms with E-state index in [-0.39, 0.29) is 5.82 Å². The van der Waals surface area contributed by atoms with Crippen LogP contribution in [-0.2, 0) is 16.2 Å². The van der Waals surface area contributed by atoms with Gasteiger partial charge in [0.2, 0.25) is 0 Å². The third-order valence-electron chi connectivity index (χ3n) is 4.24. The summed E-state index contributed by atoms with van der Waals surface area (Å²) in [4.78, 5) is 24.0. The van der Waals surface area contributed by atoms with Gasteiger partial charge in [0.15, 0.2) is 0 Å². The first-order valence-electron chi connectivity index (χ1n) is 9.30. The minimum atomic E-state index is -0.918. The predicted molar refractivity (Wildman–Crippen MR) is 118 cm³/mol. The highest BCUT2D eigenvalue weighted by Gasteiger charge is 2.14. The summed E-state index contributed by atoms with van der Waals surface area (Å²) in [6.45, 7) is 2.00. The van der Waals surface area contributed by atoms with Gasteiger partial charge in [-0.05, 0) is 66.6 Å². The molecular formula is C23H19ClFN3O3. The number of rotatable bonds is 6. The molecule has 6 nitrogen and oxygen atoms in total. The van der Waals surface area contributed by atoms with E-state index < -0.39 is 11.8 Å². The van der Waals surface area contributed by atoms with Crippen molar-refractivity contribution in [3.05, 3.63) is 94.8 Å². The SMILES string of the molecule is CC(=NNC(=O)C(=O)Nc1ccccc1Cl)c1ccc(OCc2ccc(F)cc2)cc1. The number of para-hydroxylation sites is 1. The largest absolute Gasteiger partial charge is 0.489 e. The van der Waals surface area contributed by atoms with Gasteiger partial charge in [-0.15, -0.1) is 0 Å². The molecule has 2 N–H and O–H groups in total. The molecule has 0 aliphatic carbocycles. The monoisotopic (exact) mass is 439 g/mol. The fraction of sp³-hybridized carbons (Fsp3) is 0.0870. The number of hydrogen-bond acceptors (Lipinski definition) is 4. The molecular weight excluding hydrogens is 421 g/mol. The van der Waals surface area contributed by atoms with E-state index in [1.165, 1.54) is 12.1 Å². The van der Waals surface area contributed by atoms with E-state index in [2.05, 4.69) is 15.8 Å². The van der Waals surface area contributed by atoms with Gasteiger partial charge in [-0.3, -0.25) is 9.59 Å². The van der Waals surface area contributed by atoms with Crippen molar-refractivity contribution in [1.82, 2.24) is 5.43 Å². The molecule has 0 heterocycles. The number of ether oxygens (including phenoxy) is 1. The molecule has 0 atom stereocenters. The Labute approximate surface area is 183 Å². The third-order valence-corrected chi connectivity index (χ3v) is 4.57. The van der Waals surface area contributed by atoms with Crippen LogP contribution >= 0.6 is 11.6 Å². The van der Waals surface area contributed by atoms with Gasteiger partial charge in [-0.2, -0.15) is 5.10 Å². The van der Waals surface area contributed by atoms with E-state index in [1.54, 1.807) is 67.6 Å². The lowest BCUT2D eigenvalue weighted by Crippen LogP contribution is -2.33. The van der Waals surface area contributed by atoms with Gasteiger partial charge in [0.1, 0.15) is 18.2 Å². The lowest BCUT2D eigenvalue weighted by molar-refractivity contribution is -0.136. The molecule has 0 aliphatic heterocycles. The second-order valence-electron chi connectivity index (χ2n) is 6.51. The van der Waals surface area contributed by atoms with E-state index in [1.807, 2.05) is 0 Å². The number of hydrazone groups is 1. The Balaban J connectivity index is 1.53. The molecule has 0 saturated carbocycles. The van der Waals surface area contributed by atoms with Crippen molar-refractivity contribution < 1.29 is 18.7 Å². The van der Waals surface area contributed by atoms with Gasteiger partial charge in [0.25, 0.3) is 0 Å². The number of hydrogen-bond donors (Lipinski definition) is 2. The first kappa shape index (κ1) is 22.0. The van der Waals surface area contributed by atoms with Gasteiger partial charge in [0, 0.05) is 0 Å². The Bertz CT molecular complexity index is 1100. The average molecular weight is 440 g/mol. The quantitative estimate of drug-likeness (QED) is 0.336. The molecule has 2 amide bonds. The number of carbonyl (C=O) groups excluding carboxylic acids is 2. The maximum absolute atomic E-state index is 12.9. The summed E-state index contributed by atoms with van der Waals surface area (Å²) in [5.41, 5.74) is 4.64. The minimum absolute atomic E-state index is 0.295. The van der Waals surface area contributed by atoms with Crippen molar-refractivity contribution in [3.63, 3.8) is 0 Å². The van der Waals surface area contributed by atoms with Crippen molar-refractivity contribution in [2.45, 2.75) is 13.5 Å². The molecule has 0 spiro atoms. The fourth-order valence-corrected chi connectivity index (χ4v) is 2.71. The maximum atomic E-state index is 12.9. The summed E-state index contributed by atoms with van der Waals surface area (Å²) < 4.78 is 18.6. The van der Waals surface area contributed by atoms with Crippen molar-refractivity contribution in [3.8, 4) is 5.75 Å². The molecule has 31 heavy (non-hydrogen) atoms. The summed E-state index contributed by atoms with van der Waals surface area (Å²) in [5.74, 6) is -1.46. The Morgan fingerprint density at radius 3 is 2.32 bits per heavy atom. The number of halogens is 2. The van der Waals surface area contributed by atoms with Crippen molar-refractivity contribution in [1.29, 1.82) is 0 Å². The smallest absolute Gasteiger partial charge is 0.329 e. The fourth-order valence-electron chi connectivity index (χ4n) is 2.53. The highest BCUT2D eigenvalue weighted by Crippen LogP contribution is 2.20. The summed E-state index contributed by atoms with van der Waals surface area (Å²) >= 11 is 5.96. The van der Waals surface area contributed by atoms with Gasteiger partial charge in [-0.25, -0.2) is 9.82 Å². The van der Waals surface area contributed by atoms with Crippen LogP contribution in [0.25, 0.3) is 0 Å². The summed E-state index contributed by atoms with van der Waals surface area (Å²) in [5, 5.41) is 6.70. The summed E-state index contributed by atoms with van der Waals surface area (Å²) in [7, 11) is 0. The molecule has 3 aromatic rings. The van der Waals surface area contributed by atoms with E-state index in [9.17, 15) is 14.0 Å². The van der Waals surface area contributed by atoms with Gasteiger partial charge < -0.3 is 10.1 Å². The van der Waals surface area contributed by atoms with Crippen LogP contribution in [-0.4, -0.2) is 17.5 Å². The van der Waals surface area contributed by atoms with Crippen LogP contribution in [0.3, 0.4) is 0 Å². The molecule has 0 bridgehead atoms. The standard InChI is InChI=1S/C23H19ClFN3O3/c1-15(27-28-23(30)22(29)26-21-5-3-2-4-20(21)24)17-8-12-19(13-9-17)31-14-16-6-10-18(25)11-7-16/h2-13H,14H2,1H3,(H,26,29)(H,28,30). The molecule has 158 valence electrons. The van der Waals surface area contributed by atoms with Crippen molar-refractivity contribution in [2.24, 2.45) is 5.10 Å². The average Bonchev–Trinajstić information content (AvgIpc) is 2.78. The molecule has 0 aromatic heterocycles. The summed E-state index contributed by atoms with van der Waals surface area (Å²) in [6, 6.07) is 19.7. The van der Waals surface area contributed by atoms with E-state index in [4.69, 9.17) is 16.3 Å². The van der Waals surface area contributed by atoms with Gasteiger partial charge >= 0.3 is 11.8 Å². The molecule has 0 saturated heterocycles. The van der Waals surface area contributed by atoms with Crippen LogP contribution in [0.2, 0.25) is 5.02 Å². The van der Waals surface area contributed by atoms with Crippen LogP contribution in [0.5, 0.6) is 5.75 Å². The highest BCUT2D eigenvalue weighted by molar-refractivity contribution is 6.41. The van der Waals surface area contributed by atoms with Crippen molar-refractivity contribution in [2.75, 3.05) is 5.32 Å². The Hall–Kier alpha value is -3.71. The predicted octanol–water partition coefficient (Wildman–Crippen LogP) is 4.54. The first-order valence-corrected chi connectivity index (χ1v) is 9.68. The van der Waals surface area contributed by atoms with Crippen LogP contribution < -0.4 is 15.5 Å². The number of amides is 2. The number of anilines is 1. The molecule has 0 unspecified atom stereocenters. The van der Waals surface area contributed by atoms with E-state index in [0.717, 1.165) is 11.1 Å². The van der Waals surface area contributed by atoms with Crippen molar-refractivity contribution >= 4 is 34.8 Å². The molecule has 0 radical (unpaired) electrons. The van der Waals surface area contributed by atoms with Crippen LogP contribution in [0.15, 0.2) is 77.9 Å². The third kappa shape index (κ3) is 6.38. The zero-order valence-corrected chi connectivity index (χ0v) is 17.3. The van der Waals surface area contributed by atoms with Crippen LogP contribution in [0.1, 0.15) is 18.1 Å². The first-order chi connectivity index (χ1) is 14.9. The number of benzene rings is 3.